The van der Waals surface area contributed by atoms with Gasteiger partial charge in [-0.25, -0.2) is 4.98 Å². The van der Waals surface area contributed by atoms with Crippen LogP contribution in [0.3, 0.4) is 0 Å². The molecule has 2 N–H and O–H groups in total. The molecule has 0 fully saturated rings. The number of nitrogens with two attached hydrogens (primary N) is 1. The normalized spacial score (nSPS) is 11.0. The molecular formula is C13H9BrClN3. The summed E-state index contributed by atoms with van der Waals surface area (Å²) in [4.78, 5) is 4.52. The molecule has 2 aromatic heterocycles. The van der Waals surface area contributed by atoms with Crippen LogP contribution in [-0.4, -0.2) is 9.38 Å². The van der Waals surface area contributed by atoms with E-state index in [0.29, 0.717) is 10.8 Å². The highest BCUT2D eigenvalue weighted by Gasteiger charge is 2.11. The molecule has 18 heavy (non-hydrogen) atoms. The number of rotatable bonds is 1. The monoisotopic (exact) mass is 321 g/mol. The second-order valence-electron chi connectivity index (χ2n) is 3.93. The summed E-state index contributed by atoms with van der Waals surface area (Å²) >= 11 is 9.41. The van der Waals surface area contributed by atoms with Crippen molar-refractivity contribution >= 4 is 39.0 Å². The molecule has 0 aliphatic carbocycles. The molecular weight excluding hydrogens is 314 g/mol. The van der Waals surface area contributed by atoms with E-state index in [9.17, 15) is 0 Å². The molecule has 5 heteroatoms. The van der Waals surface area contributed by atoms with Crippen molar-refractivity contribution in [2.24, 2.45) is 0 Å². The topological polar surface area (TPSA) is 43.3 Å². The third-order valence-corrected chi connectivity index (χ3v) is 3.42. The second-order valence-corrected chi connectivity index (χ2v) is 5.28. The zero-order valence-corrected chi connectivity index (χ0v) is 11.6. The van der Waals surface area contributed by atoms with Gasteiger partial charge in [-0.2, -0.15) is 0 Å². The maximum absolute atomic E-state index is 6.13. The van der Waals surface area contributed by atoms with Crippen LogP contribution in [0.2, 0.25) is 5.02 Å². The van der Waals surface area contributed by atoms with Gasteiger partial charge in [0.15, 0.2) is 0 Å². The fourth-order valence-corrected chi connectivity index (χ4v) is 2.41. The van der Waals surface area contributed by atoms with Gasteiger partial charge in [0, 0.05) is 21.3 Å². The summed E-state index contributed by atoms with van der Waals surface area (Å²) in [5, 5.41) is 0.671. The van der Waals surface area contributed by atoms with Crippen LogP contribution in [0.25, 0.3) is 16.9 Å². The number of pyridine rings is 1. The lowest BCUT2D eigenvalue weighted by Gasteiger charge is -2.00. The van der Waals surface area contributed by atoms with E-state index in [1.165, 1.54) is 0 Å². The number of nitrogens with zero attached hydrogens (tertiary/aromatic N) is 2. The van der Waals surface area contributed by atoms with Crippen molar-refractivity contribution in [3.8, 4) is 11.3 Å². The first kappa shape index (κ1) is 11.6. The second kappa shape index (κ2) is 4.30. The van der Waals surface area contributed by atoms with Crippen molar-refractivity contribution in [1.29, 1.82) is 0 Å². The average molecular weight is 323 g/mol. The van der Waals surface area contributed by atoms with Crippen molar-refractivity contribution in [2.45, 2.75) is 0 Å². The van der Waals surface area contributed by atoms with Crippen molar-refractivity contribution in [3.05, 3.63) is 52.1 Å². The summed E-state index contributed by atoms with van der Waals surface area (Å²) in [6, 6.07) is 11.4. The van der Waals surface area contributed by atoms with E-state index < -0.39 is 0 Å². The van der Waals surface area contributed by atoms with Crippen molar-refractivity contribution in [2.75, 3.05) is 5.73 Å². The summed E-state index contributed by atoms with van der Waals surface area (Å²) in [5.41, 5.74) is 8.60. The van der Waals surface area contributed by atoms with E-state index in [4.69, 9.17) is 17.3 Å². The fourth-order valence-electron chi connectivity index (χ4n) is 1.89. The minimum absolute atomic E-state index is 0.605. The maximum atomic E-state index is 6.13. The number of aromatic nitrogens is 2. The Bertz CT molecular complexity index is 736. The molecule has 1 aromatic carbocycles. The Labute approximate surface area is 117 Å². The molecule has 0 aliphatic rings. The molecule has 90 valence electrons. The molecule has 2 heterocycles. The van der Waals surface area contributed by atoms with Gasteiger partial charge in [-0.1, -0.05) is 23.7 Å². The highest BCUT2D eigenvalue weighted by Crippen LogP contribution is 2.28. The SMILES string of the molecule is Nc1c(-c2cccc(Cl)c2)nc2ccc(Br)cn12. The van der Waals surface area contributed by atoms with Gasteiger partial charge in [0.1, 0.15) is 17.2 Å². The quantitative estimate of drug-likeness (QED) is 0.736. The van der Waals surface area contributed by atoms with E-state index in [0.717, 1.165) is 21.4 Å². The molecule has 0 spiro atoms. The highest BCUT2D eigenvalue weighted by molar-refractivity contribution is 9.10. The van der Waals surface area contributed by atoms with Gasteiger partial charge in [-0.15, -0.1) is 0 Å². The van der Waals surface area contributed by atoms with Gasteiger partial charge >= 0.3 is 0 Å². The largest absolute Gasteiger partial charge is 0.383 e. The molecule has 0 amide bonds. The maximum Gasteiger partial charge on any atom is 0.139 e. The van der Waals surface area contributed by atoms with Crippen molar-refractivity contribution in [1.82, 2.24) is 9.38 Å². The van der Waals surface area contributed by atoms with Gasteiger partial charge in [-0.05, 0) is 40.2 Å². The first-order valence-electron chi connectivity index (χ1n) is 5.34. The molecule has 3 nitrogen and oxygen atoms in total. The van der Waals surface area contributed by atoms with Crippen molar-refractivity contribution in [3.63, 3.8) is 0 Å². The van der Waals surface area contributed by atoms with Crippen LogP contribution in [0.1, 0.15) is 0 Å². The summed E-state index contributed by atoms with van der Waals surface area (Å²) in [6.07, 6.45) is 1.89. The van der Waals surface area contributed by atoms with E-state index in [-0.39, 0.29) is 0 Å². The van der Waals surface area contributed by atoms with E-state index >= 15 is 0 Å². The predicted octanol–water partition coefficient (Wildman–Crippen LogP) is 4.00. The van der Waals surface area contributed by atoms with E-state index in [1.54, 1.807) is 0 Å². The lowest BCUT2D eigenvalue weighted by molar-refractivity contribution is 1.18. The number of benzene rings is 1. The van der Waals surface area contributed by atoms with Crippen LogP contribution in [0.5, 0.6) is 0 Å². The summed E-state index contributed by atoms with van der Waals surface area (Å²) < 4.78 is 2.80. The molecule has 3 rings (SSSR count). The Kier molecular flexibility index (Phi) is 2.76. The molecule has 0 bridgehead atoms. The molecule has 0 saturated heterocycles. The van der Waals surface area contributed by atoms with Gasteiger partial charge in [0.2, 0.25) is 0 Å². The van der Waals surface area contributed by atoms with Crippen LogP contribution in [0, 0.1) is 0 Å². The highest BCUT2D eigenvalue weighted by atomic mass is 79.9. The molecule has 0 saturated carbocycles. The zero-order chi connectivity index (χ0) is 12.7. The van der Waals surface area contributed by atoms with Gasteiger partial charge in [-0.3, -0.25) is 4.40 Å². The predicted molar refractivity (Wildman–Crippen MR) is 77.8 cm³/mol. The molecule has 0 unspecified atom stereocenters. The molecule has 3 aromatic rings. The number of fused-ring (bicyclic) bond motifs is 1. The summed E-state index contributed by atoms with van der Waals surface area (Å²) in [5.74, 6) is 0.605. The van der Waals surface area contributed by atoms with Crippen LogP contribution in [0.4, 0.5) is 5.82 Å². The number of imidazole rings is 1. The van der Waals surface area contributed by atoms with Crippen LogP contribution in [0.15, 0.2) is 47.1 Å². The molecule has 0 radical (unpaired) electrons. The number of hydrogen-bond donors (Lipinski definition) is 1. The minimum atomic E-state index is 0.605. The average Bonchev–Trinajstić information content (AvgIpc) is 2.67. The molecule has 0 atom stereocenters. The summed E-state index contributed by atoms with van der Waals surface area (Å²) in [6.45, 7) is 0. The van der Waals surface area contributed by atoms with Gasteiger partial charge < -0.3 is 5.73 Å². The van der Waals surface area contributed by atoms with Gasteiger partial charge in [0.05, 0.1) is 0 Å². The van der Waals surface area contributed by atoms with E-state index in [1.807, 2.05) is 47.0 Å². The number of nitrogen functional groups attached to an aromatic ring is 1. The number of hydrogen-bond acceptors (Lipinski definition) is 2. The zero-order valence-electron chi connectivity index (χ0n) is 9.27. The Balaban J connectivity index is 2.27. The summed E-state index contributed by atoms with van der Waals surface area (Å²) in [7, 11) is 0. The molecule has 0 aliphatic heterocycles. The third-order valence-electron chi connectivity index (χ3n) is 2.72. The standard InChI is InChI=1S/C13H9BrClN3/c14-9-4-5-11-17-12(13(16)18(11)7-9)8-2-1-3-10(15)6-8/h1-7H,16H2. The van der Waals surface area contributed by atoms with Gasteiger partial charge in [0.25, 0.3) is 0 Å². The first-order chi connectivity index (χ1) is 8.65. The first-order valence-corrected chi connectivity index (χ1v) is 6.51. The third kappa shape index (κ3) is 1.87. The van der Waals surface area contributed by atoms with Crippen LogP contribution in [-0.2, 0) is 0 Å². The van der Waals surface area contributed by atoms with Crippen molar-refractivity contribution < 1.29 is 0 Å². The lowest BCUT2D eigenvalue weighted by atomic mass is 10.1. The Hall–Kier alpha value is -1.52. The smallest absolute Gasteiger partial charge is 0.139 e. The van der Waals surface area contributed by atoms with Crippen LogP contribution >= 0.6 is 27.5 Å². The number of halogens is 2. The van der Waals surface area contributed by atoms with E-state index in [2.05, 4.69) is 20.9 Å². The Morgan fingerprint density at radius 3 is 2.83 bits per heavy atom. The van der Waals surface area contributed by atoms with Crippen LogP contribution < -0.4 is 5.73 Å². The number of anilines is 1. The lowest BCUT2D eigenvalue weighted by Crippen LogP contribution is -1.93. The Morgan fingerprint density at radius 2 is 2.06 bits per heavy atom. The Morgan fingerprint density at radius 1 is 1.22 bits per heavy atom. The fraction of sp³-hybridized carbons (Fsp3) is 0. The minimum Gasteiger partial charge on any atom is -0.383 e.